The molecule has 7 heteroatoms. The summed E-state index contributed by atoms with van der Waals surface area (Å²) in [5.74, 6) is -0.746. The molecule has 0 spiro atoms. The van der Waals surface area contributed by atoms with Crippen LogP contribution in [0.15, 0.2) is 34.5 Å². The zero-order valence-corrected chi connectivity index (χ0v) is 12.1. The zero-order chi connectivity index (χ0) is 14.0. The Morgan fingerprint density at radius 1 is 1.37 bits per heavy atom. The third-order valence-corrected chi connectivity index (χ3v) is 5.24. The van der Waals surface area contributed by atoms with Crippen LogP contribution in [0.4, 0.5) is 4.39 Å². The van der Waals surface area contributed by atoms with Crippen molar-refractivity contribution in [2.75, 3.05) is 7.05 Å². The molecule has 0 radical (unpaired) electrons. The van der Waals surface area contributed by atoms with E-state index in [1.54, 1.807) is 5.38 Å². The molecule has 2 rings (SSSR count). The van der Waals surface area contributed by atoms with Gasteiger partial charge in [0.25, 0.3) is 0 Å². The number of aryl methyl sites for hydroxylation is 1. The normalized spacial score (nSPS) is 12.0. The zero-order valence-electron chi connectivity index (χ0n) is 10.5. The van der Waals surface area contributed by atoms with E-state index in [9.17, 15) is 12.8 Å². The van der Waals surface area contributed by atoms with Gasteiger partial charge in [-0.05, 0) is 19.1 Å². The second-order valence-electron chi connectivity index (χ2n) is 4.05. The predicted molar refractivity (Wildman–Crippen MR) is 71.9 cm³/mol. The summed E-state index contributed by atoms with van der Waals surface area (Å²) in [4.78, 5) is 3.88. The minimum atomic E-state index is -3.84. The fraction of sp³-hybridized carbons (Fsp3) is 0.250. The van der Waals surface area contributed by atoms with Crippen LogP contribution in [-0.4, -0.2) is 24.8 Å². The molecule has 102 valence electrons. The number of nitrogens with zero attached hydrogens (tertiary/aromatic N) is 2. The molecule has 0 aliphatic rings. The van der Waals surface area contributed by atoms with Crippen LogP contribution >= 0.6 is 11.3 Å². The molecule has 0 unspecified atom stereocenters. The lowest BCUT2D eigenvalue weighted by molar-refractivity contribution is 0.456. The molecule has 0 amide bonds. The molecular formula is C12H13FN2O2S2. The Hall–Kier alpha value is -1.31. The quantitative estimate of drug-likeness (QED) is 0.871. The largest absolute Gasteiger partial charge is 0.246 e. The van der Waals surface area contributed by atoms with E-state index in [1.165, 1.54) is 36.6 Å². The maximum absolute atomic E-state index is 13.6. The molecular weight excluding hydrogens is 287 g/mol. The molecule has 0 bridgehead atoms. The maximum Gasteiger partial charge on any atom is 0.246 e. The molecule has 0 atom stereocenters. The molecule has 1 heterocycles. The Morgan fingerprint density at radius 3 is 2.63 bits per heavy atom. The molecule has 4 nitrogen and oxygen atoms in total. The fourth-order valence-electron chi connectivity index (χ4n) is 1.62. The van der Waals surface area contributed by atoms with Gasteiger partial charge in [0.1, 0.15) is 10.7 Å². The Kier molecular flexibility index (Phi) is 3.98. The smallest absolute Gasteiger partial charge is 0.245 e. The summed E-state index contributed by atoms with van der Waals surface area (Å²) in [7, 11) is -2.42. The molecule has 0 aliphatic heterocycles. The molecule has 19 heavy (non-hydrogen) atoms. The minimum Gasteiger partial charge on any atom is -0.245 e. The van der Waals surface area contributed by atoms with Crippen molar-refractivity contribution in [3.63, 3.8) is 0 Å². The van der Waals surface area contributed by atoms with E-state index >= 15 is 0 Å². The van der Waals surface area contributed by atoms with Crippen LogP contribution in [0.25, 0.3) is 0 Å². The van der Waals surface area contributed by atoms with Gasteiger partial charge in [-0.3, -0.25) is 0 Å². The standard InChI is InChI=1S/C12H13FN2O2S2/c1-9-14-10(8-18-9)7-15(2)19(16,17)12-6-4-3-5-11(12)13/h3-6,8H,7H2,1-2H3. The highest BCUT2D eigenvalue weighted by Gasteiger charge is 2.24. The van der Waals surface area contributed by atoms with Gasteiger partial charge in [0.2, 0.25) is 10.0 Å². The summed E-state index contributed by atoms with van der Waals surface area (Å²) in [6.45, 7) is 1.97. The minimum absolute atomic E-state index is 0.126. The lowest BCUT2D eigenvalue weighted by Crippen LogP contribution is -2.27. The van der Waals surface area contributed by atoms with Crippen LogP contribution in [0, 0.1) is 12.7 Å². The van der Waals surface area contributed by atoms with Gasteiger partial charge in [0.15, 0.2) is 0 Å². The van der Waals surface area contributed by atoms with E-state index in [0.29, 0.717) is 5.69 Å². The Labute approximate surface area is 115 Å². The van der Waals surface area contributed by atoms with E-state index in [-0.39, 0.29) is 11.4 Å². The lowest BCUT2D eigenvalue weighted by Gasteiger charge is -2.16. The molecule has 1 aromatic heterocycles. The van der Waals surface area contributed by atoms with Gasteiger partial charge in [0.05, 0.1) is 17.2 Å². The summed E-state index contributed by atoms with van der Waals surface area (Å²) in [6, 6.07) is 5.34. The van der Waals surface area contributed by atoms with Crippen LogP contribution in [-0.2, 0) is 16.6 Å². The van der Waals surface area contributed by atoms with Crippen LogP contribution in [0.5, 0.6) is 0 Å². The van der Waals surface area contributed by atoms with Crippen LogP contribution in [0.3, 0.4) is 0 Å². The van der Waals surface area contributed by atoms with Crippen molar-refractivity contribution in [3.05, 3.63) is 46.2 Å². The van der Waals surface area contributed by atoms with Gasteiger partial charge < -0.3 is 0 Å². The summed E-state index contributed by atoms with van der Waals surface area (Å²) in [5.41, 5.74) is 0.657. The molecule has 0 fully saturated rings. The van der Waals surface area contributed by atoms with Crippen molar-refractivity contribution in [3.8, 4) is 0 Å². The average Bonchev–Trinajstić information content (AvgIpc) is 2.75. The van der Waals surface area contributed by atoms with Gasteiger partial charge in [0, 0.05) is 12.4 Å². The van der Waals surface area contributed by atoms with E-state index in [4.69, 9.17) is 0 Å². The molecule has 0 saturated heterocycles. The molecule has 0 N–H and O–H groups in total. The first-order chi connectivity index (χ1) is 8.91. The van der Waals surface area contributed by atoms with Crippen molar-refractivity contribution in [2.45, 2.75) is 18.4 Å². The van der Waals surface area contributed by atoms with E-state index in [0.717, 1.165) is 15.4 Å². The summed E-state index contributed by atoms with van der Waals surface area (Å²) in [5, 5.41) is 2.66. The summed E-state index contributed by atoms with van der Waals surface area (Å²) in [6.07, 6.45) is 0. The lowest BCUT2D eigenvalue weighted by atomic mass is 10.4. The monoisotopic (exact) mass is 300 g/mol. The number of aromatic nitrogens is 1. The molecule has 1 aromatic carbocycles. The van der Waals surface area contributed by atoms with Crippen molar-refractivity contribution in [1.29, 1.82) is 0 Å². The number of hydrogen-bond acceptors (Lipinski definition) is 4. The first kappa shape index (κ1) is 14.1. The molecule has 0 saturated carbocycles. The highest BCUT2D eigenvalue weighted by Crippen LogP contribution is 2.20. The van der Waals surface area contributed by atoms with E-state index in [2.05, 4.69) is 4.98 Å². The summed E-state index contributed by atoms with van der Waals surface area (Å²) >= 11 is 1.45. The number of benzene rings is 1. The van der Waals surface area contributed by atoms with Gasteiger partial charge in [-0.2, -0.15) is 4.31 Å². The third-order valence-electron chi connectivity index (χ3n) is 2.58. The SMILES string of the molecule is Cc1nc(CN(C)S(=O)(=O)c2ccccc2F)cs1. The maximum atomic E-state index is 13.6. The topological polar surface area (TPSA) is 50.3 Å². The Morgan fingerprint density at radius 2 is 2.05 bits per heavy atom. The number of halogens is 1. The predicted octanol–water partition coefficient (Wildman–Crippen LogP) is 2.41. The van der Waals surface area contributed by atoms with Crippen molar-refractivity contribution in [1.82, 2.24) is 9.29 Å². The van der Waals surface area contributed by atoms with Gasteiger partial charge in [-0.15, -0.1) is 11.3 Å². The number of sulfonamides is 1. The first-order valence-electron chi connectivity index (χ1n) is 5.53. The second kappa shape index (κ2) is 5.36. The summed E-state index contributed by atoms with van der Waals surface area (Å²) < 4.78 is 39.1. The van der Waals surface area contributed by atoms with Crippen LogP contribution < -0.4 is 0 Å². The van der Waals surface area contributed by atoms with Gasteiger partial charge in [-0.1, -0.05) is 12.1 Å². The number of hydrogen-bond donors (Lipinski definition) is 0. The highest BCUT2D eigenvalue weighted by atomic mass is 32.2. The average molecular weight is 300 g/mol. The highest BCUT2D eigenvalue weighted by molar-refractivity contribution is 7.89. The van der Waals surface area contributed by atoms with E-state index < -0.39 is 15.8 Å². The van der Waals surface area contributed by atoms with Gasteiger partial charge in [-0.25, -0.2) is 17.8 Å². The van der Waals surface area contributed by atoms with Crippen LogP contribution in [0.2, 0.25) is 0 Å². The number of thiazole rings is 1. The second-order valence-corrected chi connectivity index (χ2v) is 7.12. The molecule has 0 aliphatic carbocycles. The molecule has 2 aromatic rings. The third kappa shape index (κ3) is 2.99. The Bertz CT molecular complexity index is 683. The van der Waals surface area contributed by atoms with Crippen molar-refractivity contribution >= 4 is 21.4 Å². The van der Waals surface area contributed by atoms with Gasteiger partial charge >= 0.3 is 0 Å². The van der Waals surface area contributed by atoms with Crippen molar-refractivity contribution < 1.29 is 12.8 Å². The fourth-order valence-corrected chi connectivity index (χ4v) is 3.42. The number of rotatable bonds is 4. The first-order valence-corrected chi connectivity index (χ1v) is 7.85. The van der Waals surface area contributed by atoms with E-state index in [1.807, 2.05) is 6.92 Å². The van der Waals surface area contributed by atoms with Crippen LogP contribution in [0.1, 0.15) is 10.7 Å². The van der Waals surface area contributed by atoms with Crippen molar-refractivity contribution in [2.24, 2.45) is 0 Å². The Balaban J connectivity index is 2.27.